The Balaban J connectivity index is 0.00000131. The summed E-state index contributed by atoms with van der Waals surface area (Å²) in [7, 11) is 2.12. The van der Waals surface area contributed by atoms with E-state index in [4.69, 9.17) is 41.9 Å². The zero-order valence-electron chi connectivity index (χ0n) is 49.9. The van der Waals surface area contributed by atoms with Crippen molar-refractivity contribution in [3.05, 3.63) is 35.9 Å². The normalized spacial score (nSPS) is 21.7. The van der Waals surface area contributed by atoms with Gasteiger partial charge in [0.2, 0.25) is 35.4 Å². The topological polar surface area (TPSA) is 439 Å². The monoisotopic (exact) mass is 1280 g/mol. The van der Waals surface area contributed by atoms with Gasteiger partial charge in [0.15, 0.2) is 34.9 Å². The van der Waals surface area contributed by atoms with E-state index in [1.54, 1.807) is 30.3 Å². The highest BCUT2D eigenvalue weighted by Crippen LogP contribution is 2.27. The van der Waals surface area contributed by atoms with Gasteiger partial charge in [0.05, 0.1) is 56.0 Å². The predicted octanol–water partition coefficient (Wildman–Crippen LogP) is 0.0863. The van der Waals surface area contributed by atoms with Crippen LogP contribution < -0.4 is 49.5 Å². The zero-order valence-corrected chi connectivity index (χ0v) is 52.3. The smallest absolute Gasteiger partial charge is 0.304 e. The van der Waals surface area contributed by atoms with Crippen molar-refractivity contribution in [2.75, 3.05) is 95.5 Å². The molecule has 1 aromatic carbocycles. The number of amides is 6. The number of guanidine groups is 1. The molecule has 30 heteroatoms. The molecule has 27 nitrogen and oxygen atoms in total. The first-order chi connectivity index (χ1) is 41.7. The number of Topliss-reactive ketones (excluding diaryl/α,β-unsaturated/α-hetero) is 5. The Hall–Kier alpha value is -6.02. The lowest BCUT2D eigenvalue weighted by Gasteiger charge is -2.26. The number of aliphatic imine (C=N–C) groups is 1. The molecular formula is C57H90N10O17S3. The third kappa shape index (κ3) is 35.5. The van der Waals surface area contributed by atoms with Crippen LogP contribution in [0.25, 0.3) is 0 Å². The number of carboxylic acids is 1. The van der Waals surface area contributed by atoms with Crippen molar-refractivity contribution in [2.24, 2.45) is 45.7 Å². The number of carboxylic acid groups (broad SMARTS) is 1. The van der Waals surface area contributed by atoms with Gasteiger partial charge in [0.25, 0.3) is 0 Å². The Morgan fingerprint density at radius 3 is 1.91 bits per heavy atom. The summed E-state index contributed by atoms with van der Waals surface area (Å²) in [6.45, 7) is 6.32. The third-order valence-electron chi connectivity index (χ3n) is 13.2. The number of rotatable bonds is 30. The van der Waals surface area contributed by atoms with E-state index in [1.807, 2.05) is 13.8 Å². The van der Waals surface area contributed by atoms with Gasteiger partial charge in [0.1, 0.15) is 19.3 Å². The van der Waals surface area contributed by atoms with E-state index in [0.717, 1.165) is 33.3 Å². The summed E-state index contributed by atoms with van der Waals surface area (Å²) in [6, 6.07) is 4.02. The average molecular weight is 1280 g/mol. The SMILES string of the molecule is CCOCCCC(=O)[C@@H]1CSCC(=O)N[C@@H](CCCCN)C(=O)N[C@H]2CSSC[C@H](NC(=O)[C@H](CC(=O)O)CC(=O)CNC(=O)[C@H](CCCN=C(N)N)CC2=O)C(=O)C[C@@H](Cc2ccccc2)C(=O)N1.CCOCCOCCCC(=O)COCC(N)=O. The number of ether oxygens (including phenoxy) is 4. The number of ketones is 5. The van der Waals surface area contributed by atoms with Gasteiger partial charge >= 0.3 is 5.97 Å². The van der Waals surface area contributed by atoms with Crippen molar-refractivity contribution in [1.82, 2.24) is 26.6 Å². The number of aliphatic carboxylic acids is 1. The molecule has 488 valence electrons. The number of nitrogens with one attached hydrogen (secondary N) is 5. The number of hydrogen-bond donors (Lipinski definition) is 10. The summed E-state index contributed by atoms with van der Waals surface area (Å²) < 4.78 is 20.5. The van der Waals surface area contributed by atoms with Gasteiger partial charge < -0.3 is 73.6 Å². The van der Waals surface area contributed by atoms with Crippen LogP contribution in [0.5, 0.6) is 0 Å². The maximum Gasteiger partial charge on any atom is 0.304 e. The molecule has 0 unspecified atom stereocenters. The summed E-state index contributed by atoms with van der Waals surface area (Å²) in [5.74, 6) is -12.1. The minimum atomic E-state index is -1.46. The molecule has 2 aliphatic rings. The molecule has 0 saturated carbocycles. The second-order valence-electron chi connectivity index (χ2n) is 20.5. The standard InChI is InChI=1S/C46H69N9O12S3.C11H21NO5/c1-2-67-17-9-14-37(57)34-24-68-27-40(60)52-33(13-6-7-15-47)45(66)55-36-26-70-69-25-35(39(59)21-30(43(64)53-34)18-28-10-4-3-5-11-28)54-44(65)31(22-41(61)62)19-32(56)23-51-42(63)29(20-38(36)58)12-8-16-50-46(48)49;1-2-15-6-7-16-5-3-4-10(13)8-17-9-11(12)14/h3-5,10-11,29-31,33-36H,2,6-9,12-27,47H2,1H3,(H,51,63)(H,52,60)(H,53,64)(H,54,65)(H,55,66)(H,61,62)(H4,48,49,50);2-9H2,1H3,(H2,12,14)/t29-,30-,31+,33+,34+,35+,36+;/m1./s1. The first kappa shape index (κ1) is 77.1. The summed E-state index contributed by atoms with van der Waals surface area (Å²) in [4.78, 5) is 163. The van der Waals surface area contributed by atoms with Gasteiger partial charge in [-0.05, 0) is 77.3 Å². The van der Waals surface area contributed by atoms with Crippen molar-refractivity contribution < 1.29 is 81.6 Å². The number of nitrogens with two attached hydrogens (primary N) is 4. The van der Waals surface area contributed by atoms with E-state index in [2.05, 4.69) is 31.6 Å². The van der Waals surface area contributed by atoms with Crippen LogP contribution in [0.2, 0.25) is 0 Å². The zero-order chi connectivity index (χ0) is 64.4. The van der Waals surface area contributed by atoms with E-state index in [9.17, 15) is 62.6 Å². The molecule has 2 aliphatic heterocycles. The highest BCUT2D eigenvalue weighted by molar-refractivity contribution is 8.76. The number of thioether (sulfide) groups is 1. The van der Waals surface area contributed by atoms with Crippen molar-refractivity contribution in [3.8, 4) is 0 Å². The summed E-state index contributed by atoms with van der Waals surface area (Å²) in [5, 5.41) is 23.3. The summed E-state index contributed by atoms with van der Waals surface area (Å²) >= 11 is 1.05. The second-order valence-corrected chi connectivity index (χ2v) is 24.1. The fourth-order valence-corrected chi connectivity index (χ4v) is 12.0. The van der Waals surface area contributed by atoms with E-state index >= 15 is 0 Å². The first-order valence-electron chi connectivity index (χ1n) is 29.2. The lowest BCUT2D eigenvalue weighted by Crippen LogP contribution is -2.53. The van der Waals surface area contributed by atoms with E-state index in [1.165, 1.54) is 0 Å². The molecule has 2 fully saturated rings. The number of fused-ring (bicyclic) bond motifs is 5. The number of primary amides is 1. The Labute approximate surface area is 520 Å². The Morgan fingerprint density at radius 2 is 1.26 bits per heavy atom. The van der Waals surface area contributed by atoms with E-state index < -0.39 is 133 Å². The van der Waals surface area contributed by atoms with Gasteiger partial charge in [-0.1, -0.05) is 51.9 Å². The highest BCUT2D eigenvalue weighted by atomic mass is 33.1. The van der Waals surface area contributed by atoms with Gasteiger partial charge in [-0.2, -0.15) is 0 Å². The molecule has 1 aromatic rings. The number of carbonyl (C=O) groups is 12. The molecule has 7 atom stereocenters. The molecule has 0 aromatic heterocycles. The van der Waals surface area contributed by atoms with Gasteiger partial charge in [-0.25, -0.2) is 0 Å². The van der Waals surface area contributed by atoms with Crippen LogP contribution in [-0.4, -0.2) is 201 Å². The molecule has 2 saturated heterocycles. The Kier molecular flexibility index (Phi) is 40.9. The van der Waals surface area contributed by atoms with Crippen LogP contribution in [0.3, 0.4) is 0 Å². The van der Waals surface area contributed by atoms with Gasteiger partial charge in [-0.15, -0.1) is 11.8 Å². The molecule has 0 radical (unpaired) electrons. The van der Waals surface area contributed by atoms with Crippen LogP contribution in [0.15, 0.2) is 35.3 Å². The highest BCUT2D eigenvalue weighted by Gasteiger charge is 2.35. The minimum Gasteiger partial charge on any atom is -0.481 e. The summed E-state index contributed by atoms with van der Waals surface area (Å²) in [6.07, 6.45) is 0.649. The Morgan fingerprint density at radius 1 is 0.644 bits per heavy atom. The third-order valence-corrected chi connectivity index (χ3v) is 16.7. The predicted molar refractivity (Wildman–Crippen MR) is 330 cm³/mol. The molecular weight excluding hydrogens is 1190 g/mol. The fourth-order valence-electron chi connectivity index (χ4n) is 8.68. The maximum absolute atomic E-state index is 14.5. The maximum atomic E-state index is 14.5. The van der Waals surface area contributed by atoms with Crippen molar-refractivity contribution >= 4 is 110 Å². The minimum absolute atomic E-state index is 0.0369. The molecule has 2 bridgehead atoms. The van der Waals surface area contributed by atoms with Crippen LogP contribution in [0, 0.1) is 17.8 Å². The van der Waals surface area contributed by atoms with Crippen LogP contribution in [-0.2, 0) is 82.9 Å². The molecule has 0 aliphatic carbocycles. The lowest BCUT2D eigenvalue weighted by atomic mass is 9.90. The lowest BCUT2D eigenvalue weighted by molar-refractivity contribution is -0.142. The van der Waals surface area contributed by atoms with Crippen molar-refractivity contribution in [3.63, 3.8) is 0 Å². The number of carbonyl (C=O) groups excluding carboxylic acids is 11. The Bertz CT molecular complexity index is 2390. The molecule has 6 amide bonds. The van der Waals surface area contributed by atoms with E-state index in [-0.39, 0.29) is 92.4 Å². The number of nitrogens with zero attached hydrogens (tertiary/aromatic N) is 1. The molecule has 3 rings (SSSR count). The van der Waals surface area contributed by atoms with Gasteiger partial charge in [-0.3, -0.25) is 62.5 Å². The number of benzene rings is 1. The molecule has 2 heterocycles. The van der Waals surface area contributed by atoms with E-state index in [0.29, 0.717) is 83.9 Å². The fraction of sp³-hybridized carbons (Fsp3) is 0.667. The van der Waals surface area contributed by atoms with Crippen molar-refractivity contribution in [1.29, 1.82) is 0 Å². The molecule has 14 N–H and O–H groups in total. The van der Waals surface area contributed by atoms with Crippen LogP contribution in [0.1, 0.15) is 103 Å². The summed E-state index contributed by atoms with van der Waals surface area (Å²) in [5.41, 5.74) is 22.3. The van der Waals surface area contributed by atoms with Gasteiger partial charge in [0, 0.05) is 94.2 Å². The quantitative estimate of drug-likeness (QED) is 0.0211. The number of unbranched alkanes of at least 4 members (excludes halogenated alkanes) is 1. The average Bonchev–Trinajstić information content (AvgIpc) is 3.68. The molecule has 0 spiro atoms. The number of hydrogen-bond acceptors (Lipinski definition) is 21. The second kappa shape index (κ2) is 46.1. The largest absolute Gasteiger partial charge is 0.481 e. The molecule has 87 heavy (non-hydrogen) atoms. The van der Waals surface area contributed by atoms with Crippen LogP contribution >= 0.6 is 33.3 Å². The van der Waals surface area contributed by atoms with Crippen LogP contribution in [0.4, 0.5) is 0 Å². The van der Waals surface area contributed by atoms with Crippen molar-refractivity contribution in [2.45, 2.75) is 128 Å². The first-order valence-corrected chi connectivity index (χ1v) is 32.8.